The minimum Gasteiger partial charge on any atom is -0.342 e. The quantitative estimate of drug-likeness (QED) is 0.415. The van der Waals surface area contributed by atoms with Crippen molar-refractivity contribution in [2.45, 2.75) is 23.6 Å². The van der Waals surface area contributed by atoms with Gasteiger partial charge in [-0.25, -0.2) is 9.88 Å². The van der Waals surface area contributed by atoms with Crippen molar-refractivity contribution >= 4 is 56.7 Å². The molecule has 2 aromatic rings. The Bertz CT molecular complexity index is 1070. The number of allylic oxidation sites excluding steroid dienone is 2. The molecule has 0 N–H and O–H groups in total. The van der Waals surface area contributed by atoms with Gasteiger partial charge in [0.2, 0.25) is 17.7 Å². The summed E-state index contributed by atoms with van der Waals surface area (Å²) in [6.07, 6.45) is 7.34. The van der Waals surface area contributed by atoms with Crippen LogP contribution in [0.15, 0.2) is 34.7 Å². The number of rotatable bonds is 4. The first kappa shape index (κ1) is 18.6. The number of amides is 3. The minimum absolute atomic E-state index is 0.0588. The van der Waals surface area contributed by atoms with Gasteiger partial charge in [0.1, 0.15) is 0 Å². The van der Waals surface area contributed by atoms with E-state index >= 15 is 0 Å². The molecule has 8 heteroatoms. The van der Waals surface area contributed by atoms with E-state index < -0.39 is 0 Å². The van der Waals surface area contributed by atoms with Crippen molar-refractivity contribution < 1.29 is 14.4 Å². The van der Waals surface area contributed by atoms with E-state index in [0.29, 0.717) is 11.4 Å². The fourth-order valence-corrected chi connectivity index (χ4v) is 7.44. The first-order chi connectivity index (χ1) is 14.6. The van der Waals surface area contributed by atoms with E-state index in [1.807, 2.05) is 23.1 Å². The number of hydrogen-bond donors (Lipinski definition) is 0. The highest BCUT2D eigenvalue weighted by molar-refractivity contribution is 8.01. The number of anilines is 1. The third-order valence-corrected chi connectivity index (χ3v) is 9.00. The van der Waals surface area contributed by atoms with Crippen molar-refractivity contribution in [3.05, 3.63) is 30.4 Å². The van der Waals surface area contributed by atoms with Crippen molar-refractivity contribution in [3.8, 4) is 0 Å². The van der Waals surface area contributed by atoms with Crippen molar-refractivity contribution in [1.82, 2.24) is 9.88 Å². The van der Waals surface area contributed by atoms with Gasteiger partial charge in [-0.05, 0) is 49.3 Å². The molecule has 6 nitrogen and oxygen atoms in total. The second-order valence-electron chi connectivity index (χ2n) is 8.52. The molecule has 1 aromatic carbocycles. The SMILES string of the molecule is O=C(CSc1nc2ccc(N3C(=O)C4C5C=CC(C5)C4C3=O)cc2s1)N1CCCC1. The molecule has 2 saturated heterocycles. The van der Waals surface area contributed by atoms with Gasteiger partial charge in [-0.15, -0.1) is 11.3 Å². The largest absolute Gasteiger partial charge is 0.342 e. The van der Waals surface area contributed by atoms with Gasteiger partial charge >= 0.3 is 0 Å². The summed E-state index contributed by atoms with van der Waals surface area (Å²) in [5.74, 6) is 0.497. The Balaban J connectivity index is 1.22. The molecule has 2 bridgehead atoms. The Labute approximate surface area is 182 Å². The molecule has 3 amide bonds. The van der Waals surface area contributed by atoms with Gasteiger partial charge in [-0.1, -0.05) is 23.9 Å². The molecule has 3 heterocycles. The Hall–Kier alpha value is -2.19. The molecule has 3 fully saturated rings. The van der Waals surface area contributed by atoms with Crippen LogP contribution in [0.4, 0.5) is 5.69 Å². The predicted molar refractivity (Wildman–Crippen MR) is 116 cm³/mol. The van der Waals surface area contributed by atoms with Gasteiger partial charge in [0.05, 0.1) is 33.5 Å². The highest BCUT2D eigenvalue weighted by Crippen LogP contribution is 2.53. The van der Waals surface area contributed by atoms with Gasteiger partial charge < -0.3 is 4.90 Å². The fraction of sp³-hybridized carbons (Fsp3) is 0.455. The summed E-state index contributed by atoms with van der Waals surface area (Å²) in [6, 6.07) is 5.58. The van der Waals surface area contributed by atoms with Crippen molar-refractivity contribution in [2.75, 3.05) is 23.7 Å². The van der Waals surface area contributed by atoms with Crippen LogP contribution in [0.5, 0.6) is 0 Å². The number of fused-ring (bicyclic) bond motifs is 6. The third-order valence-electron chi connectivity index (χ3n) is 6.86. The zero-order valence-electron chi connectivity index (χ0n) is 16.3. The van der Waals surface area contributed by atoms with Gasteiger partial charge in [-0.2, -0.15) is 0 Å². The molecule has 4 aliphatic rings. The van der Waals surface area contributed by atoms with Crippen LogP contribution in [0.3, 0.4) is 0 Å². The smallest absolute Gasteiger partial charge is 0.238 e. The zero-order valence-corrected chi connectivity index (χ0v) is 18.0. The van der Waals surface area contributed by atoms with Crippen molar-refractivity contribution in [2.24, 2.45) is 23.7 Å². The van der Waals surface area contributed by atoms with Gasteiger partial charge in [0.25, 0.3) is 0 Å². The summed E-state index contributed by atoms with van der Waals surface area (Å²) in [5.41, 5.74) is 1.47. The summed E-state index contributed by atoms with van der Waals surface area (Å²) in [5, 5.41) is 0. The normalized spacial score (nSPS) is 29.6. The lowest BCUT2D eigenvalue weighted by atomic mass is 9.85. The van der Waals surface area contributed by atoms with Gasteiger partial charge in [0.15, 0.2) is 4.34 Å². The third kappa shape index (κ3) is 2.76. The van der Waals surface area contributed by atoms with Crippen molar-refractivity contribution in [1.29, 1.82) is 0 Å². The maximum atomic E-state index is 13.0. The summed E-state index contributed by atoms with van der Waals surface area (Å²) < 4.78 is 1.77. The molecule has 30 heavy (non-hydrogen) atoms. The van der Waals surface area contributed by atoms with Crippen LogP contribution in [0.2, 0.25) is 0 Å². The number of hydrogen-bond acceptors (Lipinski definition) is 6. The molecule has 6 rings (SSSR count). The topological polar surface area (TPSA) is 70.6 Å². The standard InChI is InChI=1S/C22H21N3O3S2/c26-17(24-7-1-2-8-24)11-29-22-23-15-6-5-14(10-16(15)30-22)25-20(27)18-12-3-4-13(9-12)19(18)21(25)28/h3-6,10,12-13,18-19H,1-2,7-9,11H2. The second-order valence-corrected chi connectivity index (χ2v) is 10.8. The zero-order chi connectivity index (χ0) is 20.4. The molecule has 2 aliphatic heterocycles. The van der Waals surface area contributed by atoms with E-state index in [2.05, 4.69) is 17.1 Å². The van der Waals surface area contributed by atoms with Crippen LogP contribution >= 0.6 is 23.1 Å². The second kappa shape index (κ2) is 6.92. The number of carbonyl (C=O) groups is 3. The maximum Gasteiger partial charge on any atom is 0.238 e. The van der Waals surface area contributed by atoms with Gasteiger partial charge in [0, 0.05) is 13.1 Å². The van der Waals surface area contributed by atoms with E-state index in [0.717, 1.165) is 46.9 Å². The van der Waals surface area contributed by atoms with Crippen LogP contribution in [-0.2, 0) is 14.4 Å². The lowest BCUT2D eigenvalue weighted by Crippen LogP contribution is -2.32. The predicted octanol–water partition coefficient (Wildman–Crippen LogP) is 3.32. The number of thioether (sulfide) groups is 1. The molecule has 0 spiro atoms. The number of likely N-dealkylation sites (tertiary alicyclic amines) is 1. The maximum absolute atomic E-state index is 13.0. The monoisotopic (exact) mass is 439 g/mol. The Morgan fingerprint density at radius 2 is 1.80 bits per heavy atom. The van der Waals surface area contributed by atoms with E-state index in [1.54, 1.807) is 0 Å². The Morgan fingerprint density at radius 1 is 1.10 bits per heavy atom. The van der Waals surface area contributed by atoms with E-state index in [9.17, 15) is 14.4 Å². The number of nitrogens with zero attached hydrogens (tertiary/aromatic N) is 3. The van der Waals surface area contributed by atoms with Crippen LogP contribution < -0.4 is 4.90 Å². The first-order valence-electron chi connectivity index (χ1n) is 10.5. The summed E-state index contributed by atoms with van der Waals surface area (Å²) in [4.78, 5) is 46.3. The van der Waals surface area contributed by atoms with E-state index in [4.69, 9.17) is 0 Å². The Kier molecular flexibility index (Phi) is 4.28. The summed E-state index contributed by atoms with van der Waals surface area (Å²) in [7, 11) is 0. The molecule has 154 valence electrons. The van der Waals surface area contributed by atoms with Crippen LogP contribution in [0, 0.1) is 23.7 Å². The molecule has 4 unspecified atom stereocenters. The molecule has 2 aliphatic carbocycles. The molecule has 0 radical (unpaired) electrons. The lowest BCUT2D eigenvalue weighted by molar-refractivity contribution is -0.127. The van der Waals surface area contributed by atoms with E-state index in [1.165, 1.54) is 28.0 Å². The molecule has 4 atom stereocenters. The number of carbonyl (C=O) groups excluding carboxylic acids is 3. The van der Waals surface area contributed by atoms with Crippen LogP contribution in [-0.4, -0.2) is 46.4 Å². The highest BCUT2D eigenvalue weighted by Gasteiger charge is 2.59. The number of benzene rings is 1. The molecular weight excluding hydrogens is 418 g/mol. The Morgan fingerprint density at radius 3 is 2.50 bits per heavy atom. The lowest BCUT2D eigenvalue weighted by Gasteiger charge is -2.17. The summed E-state index contributed by atoms with van der Waals surface area (Å²) in [6.45, 7) is 1.72. The number of thiazole rings is 1. The highest BCUT2D eigenvalue weighted by atomic mass is 32.2. The molecule has 1 aromatic heterocycles. The molecule has 1 saturated carbocycles. The number of imide groups is 1. The van der Waals surface area contributed by atoms with Gasteiger partial charge in [-0.3, -0.25) is 14.4 Å². The minimum atomic E-state index is -0.188. The van der Waals surface area contributed by atoms with Crippen molar-refractivity contribution in [3.63, 3.8) is 0 Å². The summed E-state index contributed by atoms with van der Waals surface area (Å²) >= 11 is 2.97. The van der Waals surface area contributed by atoms with E-state index in [-0.39, 0.29) is 41.4 Å². The molecular formula is C22H21N3O3S2. The first-order valence-corrected chi connectivity index (χ1v) is 12.3. The average molecular weight is 440 g/mol. The van der Waals surface area contributed by atoms with Crippen LogP contribution in [0.1, 0.15) is 19.3 Å². The fourth-order valence-electron chi connectivity index (χ4n) is 5.43. The average Bonchev–Trinajstić information content (AvgIpc) is 3.54. The van der Waals surface area contributed by atoms with Crippen LogP contribution in [0.25, 0.3) is 10.2 Å². The number of aromatic nitrogens is 1.